The third kappa shape index (κ3) is 2.30. The molecule has 2 aliphatic heterocycles. The van der Waals surface area contributed by atoms with Gasteiger partial charge < -0.3 is 0 Å². The molecule has 0 bridgehead atoms. The number of carbonyl (C=O) groups is 1. The minimum atomic E-state index is -0.909. The van der Waals surface area contributed by atoms with Crippen molar-refractivity contribution in [3.63, 3.8) is 0 Å². The van der Waals surface area contributed by atoms with Crippen LogP contribution in [0.3, 0.4) is 0 Å². The van der Waals surface area contributed by atoms with Crippen LogP contribution < -0.4 is 10.2 Å². The van der Waals surface area contributed by atoms with Gasteiger partial charge in [-0.25, -0.2) is 0 Å². The number of hydrogen-bond donors (Lipinski definition) is 1. The molecule has 2 fully saturated rings. The van der Waals surface area contributed by atoms with Crippen molar-refractivity contribution in [3.05, 3.63) is 30.3 Å². The number of piperidine rings is 1. The number of rotatable bonds is 2. The second-order valence-electron chi connectivity index (χ2n) is 5.59. The Kier molecular flexibility index (Phi) is 3.90. The molecule has 2 saturated heterocycles. The van der Waals surface area contributed by atoms with Crippen LogP contribution in [0.1, 0.15) is 12.8 Å². The molecule has 2 heterocycles. The van der Waals surface area contributed by atoms with Gasteiger partial charge in [-0.05, 0) is 0 Å². The first-order valence-electron chi connectivity index (χ1n) is 7.00. The van der Waals surface area contributed by atoms with Crippen molar-refractivity contribution in [2.45, 2.75) is 18.4 Å². The summed E-state index contributed by atoms with van der Waals surface area (Å²) in [4.78, 5) is 19.5. The number of nitrogens with one attached hydrogen (secondary N) is 1. The first-order valence-corrected chi connectivity index (χ1v) is 12.3. The van der Waals surface area contributed by atoms with Gasteiger partial charge in [-0.2, -0.15) is 0 Å². The fourth-order valence-corrected chi connectivity index (χ4v) is 5.63. The van der Waals surface area contributed by atoms with E-state index in [1.54, 1.807) is 0 Å². The summed E-state index contributed by atoms with van der Waals surface area (Å²) in [6.45, 7) is 2.77. The fraction of sp³-hybridized carbons (Fsp3) is 0.533. The van der Waals surface area contributed by atoms with Gasteiger partial charge in [0, 0.05) is 0 Å². The number of benzene rings is 1. The third-order valence-electron chi connectivity index (χ3n) is 4.42. The monoisotopic (exact) mass is 387 g/mol. The van der Waals surface area contributed by atoms with Crippen molar-refractivity contribution < 1.29 is 4.79 Å². The zero-order valence-corrected chi connectivity index (χ0v) is 14.3. The number of alkyl halides is 2. The SMILES string of the molecule is CI(C)N1CCC2(CC1)C(=O)NCN2c1ccccc1. The molecule has 0 aromatic heterocycles. The Morgan fingerprint density at radius 3 is 2.40 bits per heavy atom. The second kappa shape index (κ2) is 5.52. The molecule has 20 heavy (non-hydrogen) atoms. The van der Waals surface area contributed by atoms with Gasteiger partial charge in [0.25, 0.3) is 0 Å². The van der Waals surface area contributed by atoms with Crippen molar-refractivity contribution in [1.29, 1.82) is 0 Å². The van der Waals surface area contributed by atoms with Gasteiger partial charge in [0.15, 0.2) is 0 Å². The van der Waals surface area contributed by atoms with Crippen molar-refractivity contribution in [3.8, 4) is 0 Å². The summed E-state index contributed by atoms with van der Waals surface area (Å²) < 4.78 is 2.62. The number of para-hydroxylation sites is 1. The molecule has 0 atom stereocenters. The fourth-order valence-electron chi connectivity index (χ4n) is 3.22. The average Bonchev–Trinajstić information content (AvgIpc) is 2.78. The molecule has 3 rings (SSSR count). The number of carbonyl (C=O) groups excluding carboxylic acids is 1. The maximum absolute atomic E-state index is 12.5. The van der Waals surface area contributed by atoms with Crippen LogP contribution in [0, 0.1) is 0 Å². The molecule has 1 aromatic rings. The molecule has 1 amide bonds. The van der Waals surface area contributed by atoms with Gasteiger partial charge in [0.05, 0.1) is 0 Å². The molecule has 110 valence electrons. The van der Waals surface area contributed by atoms with E-state index in [9.17, 15) is 4.79 Å². The van der Waals surface area contributed by atoms with Crippen LogP contribution in [0.2, 0.25) is 0 Å². The Hall–Kier alpha value is -0.820. The number of nitrogens with zero attached hydrogens (tertiary/aromatic N) is 2. The van der Waals surface area contributed by atoms with E-state index < -0.39 is 20.1 Å². The first-order chi connectivity index (χ1) is 9.63. The van der Waals surface area contributed by atoms with Gasteiger partial charge in [0.2, 0.25) is 0 Å². The number of anilines is 1. The standard InChI is InChI=1S/C15H22IN3O/c1-16(2)18-10-8-15(9-11-18)14(20)17-12-19(15)13-6-4-3-5-7-13/h3-7H,8-12H2,1-2H3,(H,17,20). The number of halogens is 1. The predicted octanol–water partition coefficient (Wildman–Crippen LogP) is 2.10. The van der Waals surface area contributed by atoms with E-state index in [1.165, 1.54) is 0 Å². The Bertz CT molecular complexity index is 483. The van der Waals surface area contributed by atoms with Gasteiger partial charge in [-0.15, -0.1) is 0 Å². The topological polar surface area (TPSA) is 35.6 Å². The van der Waals surface area contributed by atoms with Gasteiger partial charge in [0.1, 0.15) is 0 Å². The summed E-state index contributed by atoms with van der Waals surface area (Å²) in [6.07, 6.45) is 1.90. The van der Waals surface area contributed by atoms with E-state index in [0.717, 1.165) is 31.6 Å². The minimum absolute atomic E-state index is 0.216. The molecule has 1 spiro atoms. The Labute approximate surface area is 128 Å². The Balaban J connectivity index is 1.85. The second-order valence-corrected chi connectivity index (χ2v) is 11.0. The quantitative estimate of drug-likeness (QED) is 0.480. The predicted molar refractivity (Wildman–Crippen MR) is 91.3 cm³/mol. The summed E-state index contributed by atoms with van der Waals surface area (Å²) in [5, 5.41) is 3.05. The van der Waals surface area contributed by atoms with Crippen LogP contribution >= 0.6 is 20.1 Å². The summed E-state index contributed by atoms with van der Waals surface area (Å²) in [5.41, 5.74) is 0.840. The third-order valence-corrected chi connectivity index (χ3v) is 8.11. The Morgan fingerprint density at radius 1 is 1.15 bits per heavy atom. The van der Waals surface area contributed by atoms with Crippen molar-refractivity contribution in [2.24, 2.45) is 0 Å². The molecule has 1 N–H and O–H groups in total. The zero-order chi connectivity index (χ0) is 14.2. The normalized spacial score (nSPS) is 23.0. The van der Waals surface area contributed by atoms with E-state index in [2.05, 4.69) is 35.3 Å². The van der Waals surface area contributed by atoms with Gasteiger partial charge in [-0.1, -0.05) is 0 Å². The molecule has 1 aromatic carbocycles. The molecule has 4 nitrogen and oxygen atoms in total. The Morgan fingerprint density at radius 2 is 1.80 bits per heavy atom. The van der Waals surface area contributed by atoms with Crippen LogP contribution in [-0.2, 0) is 4.79 Å². The molecule has 0 saturated carbocycles. The van der Waals surface area contributed by atoms with E-state index in [4.69, 9.17) is 0 Å². The van der Waals surface area contributed by atoms with Crippen LogP contribution in [0.5, 0.6) is 0 Å². The van der Waals surface area contributed by atoms with Gasteiger partial charge >= 0.3 is 128 Å². The molecule has 2 aliphatic rings. The molecule has 0 aliphatic carbocycles. The van der Waals surface area contributed by atoms with E-state index in [1.807, 2.05) is 18.2 Å². The summed E-state index contributed by atoms with van der Waals surface area (Å²) in [7, 11) is 0. The zero-order valence-electron chi connectivity index (χ0n) is 12.1. The summed E-state index contributed by atoms with van der Waals surface area (Å²) in [5.74, 6) is 0.216. The average molecular weight is 387 g/mol. The number of amides is 1. The molecule has 0 radical (unpaired) electrons. The van der Waals surface area contributed by atoms with Crippen LogP contribution in [0.4, 0.5) is 5.69 Å². The van der Waals surface area contributed by atoms with Gasteiger partial charge in [-0.3, -0.25) is 0 Å². The van der Waals surface area contributed by atoms with E-state index >= 15 is 0 Å². The first kappa shape index (κ1) is 14.1. The molecule has 0 unspecified atom stereocenters. The van der Waals surface area contributed by atoms with Crippen molar-refractivity contribution >= 4 is 31.7 Å². The van der Waals surface area contributed by atoms with Crippen molar-refractivity contribution in [1.82, 2.24) is 8.43 Å². The molecular weight excluding hydrogens is 365 g/mol. The van der Waals surface area contributed by atoms with Crippen LogP contribution in [0.15, 0.2) is 30.3 Å². The van der Waals surface area contributed by atoms with Crippen LogP contribution in [0.25, 0.3) is 0 Å². The van der Waals surface area contributed by atoms with E-state index in [-0.39, 0.29) is 11.4 Å². The number of hydrogen-bond acceptors (Lipinski definition) is 3. The van der Waals surface area contributed by atoms with Crippen LogP contribution in [-0.4, -0.2) is 44.2 Å². The summed E-state index contributed by atoms with van der Waals surface area (Å²) >= 11 is -0.909. The molecule has 5 heteroatoms. The summed E-state index contributed by atoms with van der Waals surface area (Å²) in [6, 6.07) is 10.3. The molecular formula is C15H22IN3O. The van der Waals surface area contributed by atoms with E-state index in [0.29, 0.717) is 6.67 Å². The van der Waals surface area contributed by atoms with Crippen molar-refractivity contribution in [2.75, 3.05) is 34.5 Å². The maximum atomic E-state index is 12.5.